The zero-order valence-electron chi connectivity index (χ0n) is 8.98. The Morgan fingerprint density at radius 2 is 2.47 bits per heavy atom. The topological polar surface area (TPSA) is 46.9 Å². The fourth-order valence-corrected chi connectivity index (χ4v) is 2.14. The summed E-state index contributed by atoms with van der Waals surface area (Å²) >= 11 is 0. The molecule has 15 heavy (non-hydrogen) atoms. The molecule has 2 rings (SSSR count). The molecule has 0 aromatic carbocycles. The molecule has 4 nitrogen and oxygen atoms in total. The second kappa shape index (κ2) is 4.79. The van der Waals surface area contributed by atoms with Crippen LogP contribution in [-0.2, 0) is 10.8 Å². The highest BCUT2D eigenvalue weighted by molar-refractivity contribution is 7.84. The van der Waals surface area contributed by atoms with Gasteiger partial charge in [-0.1, -0.05) is 6.92 Å². The van der Waals surface area contributed by atoms with Gasteiger partial charge in [0.15, 0.2) is 0 Å². The minimum Gasteiger partial charge on any atom is -0.355 e. The van der Waals surface area contributed by atoms with Gasteiger partial charge in [-0.2, -0.15) is 0 Å². The highest BCUT2D eigenvalue weighted by atomic mass is 32.2. The number of rotatable bonds is 6. The Kier molecular flexibility index (Phi) is 3.41. The lowest BCUT2D eigenvalue weighted by Gasteiger charge is -2.07. The normalized spacial score (nSPS) is 17.7. The van der Waals surface area contributed by atoms with Gasteiger partial charge in [0, 0.05) is 47.3 Å². The highest BCUT2D eigenvalue weighted by Gasteiger charge is 2.25. The summed E-state index contributed by atoms with van der Waals surface area (Å²) in [6, 6.07) is 0.645. The number of imidazole rings is 1. The molecular formula is C10H17N3OS. The van der Waals surface area contributed by atoms with Gasteiger partial charge < -0.3 is 9.88 Å². The van der Waals surface area contributed by atoms with Gasteiger partial charge in [-0.25, -0.2) is 4.98 Å². The molecule has 0 radical (unpaired) electrons. The molecule has 84 valence electrons. The van der Waals surface area contributed by atoms with Crippen molar-refractivity contribution in [1.29, 1.82) is 0 Å². The Labute approximate surface area is 92.5 Å². The molecule has 1 aliphatic carbocycles. The molecule has 0 saturated heterocycles. The molecule has 1 aliphatic rings. The van der Waals surface area contributed by atoms with E-state index in [1.54, 1.807) is 0 Å². The van der Waals surface area contributed by atoms with Crippen molar-refractivity contribution in [3.63, 3.8) is 0 Å². The van der Waals surface area contributed by atoms with E-state index in [1.807, 2.05) is 19.3 Å². The first-order valence-electron chi connectivity index (χ1n) is 5.43. The molecule has 1 aromatic heterocycles. The fraction of sp³-hybridized carbons (Fsp3) is 0.700. The van der Waals surface area contributed by atoms with E-state index in [1.165, 1.54) is 12.8 Å². The summed E-state index contributed by atoms with van der Waals surface area (Å²) in [5.74, 6) is 2.36. The Bertz CT molecular complexity index is 346. The molecule has 5 heteroatoms. The molecular weight excluding hydrogens is 210 g/mol. The summed E-state index contributed by atoms with van der Waals surface area (Å²) in [5, 5.41) is 3.24. The third-order valence-electron chi connectivity index (χ3n) is 2.54. The maximum Gasteiger partial charge on any atom is 0.203 e. The Hall–Kier alpha value is -0.840. The van der Waals surface area contributed by atoms with Crippen LogP contribution in [-0.4, -0.2) is 31.8 Å². The molecule has 1 heterocycles. The number of hydrogen-bond donors (Lipinski definition) is 1. The smallest absolute Gasteiger partial charge is 0.203 e. The molecule has 1 aromatic rings. The van der Waals surface area contributed by atoms with Crippen molar-refractivity contribution >= 4 is 16.7 Å². The zero-order valence-corrected chi connectivity index (χ0v) is 9.80. The van der Waals surface area contributed by atoms with Crippen LogP contribution in [0.25, 0.3) is 0 Å². The second-order valence-corrected chi connectivity index (χ2v) is 5.61. The van der Waals surface area contributed by atoms with Crippen LogP contribution in [0.4, 0.5) is 5.95 Å². The molecule has 1 saturated carbocycles. The molecule has 1 unspecified atom stereocenters. The molecule has 0 spiro atoms. The molecule has 0 bridgehead atoms. The molecule has 0 aliphatic heterocycles. The monoisotopic (exact) mass is 227 g/mol. The summed E-state index contributed by atoms with van der Waals surface area (Å²) in [6.45, 7) is 2.69. The largest absolute Gasteiger partial charge is 0.355 e. The molecule has 1 N–H and O–H groups in total. The van der Waals surface area contributed by atoms with Gasteiger partial charge in [0.25, 0.3) is 0 Å². The van der Waals surface area contributed by atoms with Crippen molar-refractivity contribution in [3.8, 4) is 0 Å². The summed E-state index contributed by atoms with van der Waals surface area (Å²) in [6.07, 6.45) is 6.34. The maximum atomic E-state index is 11.2. The summed E-state index contributed by atoms with van der Waals surface area (Å²) in [7, 11) is -0.690. The Morgan fingerprint density at radius 1 is 1.67 bits per heavy atom. The predicted molar refractivity (Wildman–Crippen MR) is 62.5 cm³/mol. The summed E-state index contributed by atoms with van der Waals surface area (Å²) in [4.78, 5) is 4.25. The molecule has 1 atom stereocenters. The average Bonchev–Trinajstić information content (AvgIpc) is 2.99. The lowest BCUT2D eigenvalue weighted by molar-refractivity contribution is 0.683. The van der Waals surface area contributed by atoms with Crippen LogP contribution in [0.15, 0.2) is 12.4 Å². The Balaban J connectivity index is 1.82. The minimum atomic E-state index is -0.690. The van der Waals surface area contributed by atoms with Crippen molar-refractivity contribution in [2.75, 3.05) is 23.4 Å². The van der Waals surface area contributed by atoms with E-state index in [4.69, 9.17) is 0 Å². The van der Waals surface area contributed by atoms with E-state index in [-0.39, 0.29) is 0 Å². The van der Waals surface area contributed by atoms with Crippen molar-refractivity contribution in [2.24, 2.45) is 0 Å². The van der Waals surface area contributed by atoms with E-state index in [9.17, 15) is 4.21 Å². The summed E-state index contributed by atoms with van der Waals surface area (Å²) in [5.41, 5.74) is 0. The van der Waals surface area contributed by atoms with Gasteiger partial charge in [0.1, 0.15) is 0 Å². The van der Waals surface area contributed by atoms with E-state index < -0.39 is 10.8 Å². The first-order chi connectivity index (χ1) is 7.31. The second-order valence-electron chi connectivity index (χ2n) is 3.75. The third kappa shape index (κ3) is 2.81. The average molecular weight is 227 g/mol. The number of nitrogens with zero attached hydrogens (tertiary/aromatic N) is 2. The lowest BCUT2D eigenvalue weighted by atomic mass is 10.6. The summed E-state index contributed by atoms with van der Waals surface area (Å²) < 4.78 is 13.4. The van der Waals surface area contributed by atoms with Gasteiger partial charge in [0.05, 0.1) is 0 Å². The van der Waals surface area contributed by atoms with Crippen LogP contribution in [0.1, 0.15) is 25.8 Å². The van der Waals surface area contributed by atoms with Crippen LogP contribution in [0.2, 0.25) is 0 Å². The van der Waals surface area contributed by atoms with Gasteiger partial charge in [-0.05, 0) is 12.8 Å². The van der Waals surface area contributed by atoms with E-state index >= 15 is 0 Å². The van der Waals surface area contributed by atoms with Gasteiger partial charge in [-0.15, -0.1) is 0 Å². The van der Waals surface area contributed by atoms with Crippen LogP contribution in [0.3, 0.4) is 0 Å². The van der Waals surface area contributed by atoms with Gasteiger partial charge in [-0.3, -0.25) is 4.21 Å². The zero-order chi connectivity index (χ0) is 10.7. The van der Waals surface area contributed by atoms with Crippen molar-refractivity contribution < 1.29 is 4.21 Å². The van der Waals surface area contributed by atoms with Crippen LogP contribution in [0, 0.1) is 0 Å². The fourth-order valence-electron chi connectivity index (χ4n) is 1.52. The molecule has 1 fully saturated rings. The number of nitrogens with one attached hydrogen (secondary N) is 1. The van der Waals surface area contributed by atoms with Gasteiger partial charge in [0.2, 0.25) is 5.95 Å². The van der Waals surface area contributed by atoms with Crippen molar-refractivity contribution in [3.05, 3.63) is 12.4 Å². The van der Waals surface area contributed by atoms with E-state index in [2.05, 4.69) is 14.9 Å². The SMILES string of the molecule is CCS(=O)CCNc1nccn1C1CC1. The van der Waals surface area contributed by atoms with Crippen LogP contribution >= 0.6 is 0 Å². The Morgan fingerprint density at radius 3 is 3.13 bits per heavy atom. The standard InChI is InChI=1S/C10H17N3OS/c1-2-15(14)8-6-12-10-11-5-7-13(10)9-3-4-9/h5,7,9H,2-4,6,8H2,1H3,(H,11,12). The van der Waals surface area contributed by atoms with Crippen molar-refractivity contribution in [1.82, 2.24) is 9.55 Å². The minimum absolute atomic E-state index is 0.645. The lowest BCUT2D eigenvalue weighted by Crippen LogP contribution is -2.14. The number of hydrogen-bond acceptors (Lipinski definition) is 3. The van der Waals surface area contributed by atoms with Crippen LogP contribution < -0.4 is 5.32 Å². The van der Waals surface area contributed by atoms with Crippen molar-refractivity contribution in [2.45, 2.75) is 25.8 Å². The number of anilines is 1. The van der Waals surface area contributed by atoms with E-state index in [0.717, 1.165) is 18.2 Å². The molecule has 0 amide bonds. The van der Waals surface area contributed by atoms with Crippen LogP contribution in [0.5, 0.6) is 0 Å². The first kappa shape index (κ1) is 10.7. The van der Waals surface area contributed by atoms with E-state index in [0.29, 0.717) is 11.8 Å². The maximum absolute atomic E-state index is 11.2. The third-order valence-corrected chi connectivity index (χ3v) is 3.85. The number of aromatic nitrogens is 2. The first-order valence-corrected chi connectivity index (χ1v) is 6.91. The predicted octanol–water partition coefficient (Wildman–Crippen LogP) is 1.40. The quantitative estimate of drug-likeness (QED) is 0.799. The highest BCUT2D eigenvalue weighted by Crippen LogP contribution is 2.36. The van der Waals surface area contributed by atoms with Gasteiger partial charge >= 0.3 is 0 Å².